The van der Waals surface area contributed by atoms with Crippen molar-refractivity contribution >= 4 is 21.8 Å². The number of nitrogens with one attached hydrogen (secondary N) is 1. The van der Waals surface area contributed by atoms with E-state index >= 15 is 0 Å². The van der Waals surface area contributed by atoms with Gasteiger partial charge in [0.1, 0.15) is 0 Å². The Bertz CT molecular complexity index is 224. The molecule has 0 aromatic carbocycles. The maximum absolute atomic E-state index is 11.7. The van der Waals surface area contributed by atoms with Gasteiger partial charge in [0.2, 0.25) is 5.91 Å². The van der Waals surface area contributed by atoms with E-state index in [0.29, 0.717) is 11.2 Å². The van der Waals surface area contributed by atoms with Crippen LogP contribution in [0, 0.1) is 0 Å². The Labute approximate surface area is 106 Å². The van der Waals surface area contributed by atoms with E-state index < -0.39 is 0 Å². The van der Waals surface area contributed by atoms with Crippen LogP contribution in [0.3, 0.4) is 0 Å². The van der Waals surface area contributed by atoms with Crippen LogP contribution in [-0.4, -0.2) is 30.0 Å². The van der Waals surface area contributed by atoms with E-state index in [1.165, 1.54) is 6.42 Å². The fraction of sp³-hybridized carbons (Fsp3) is 0.917. The Morgan fingerprint density at radius 3 is 2.69 bits per heavy atom. The molecule has 1 amide bonds. The van der Waals surface area contributed by atoms with Crippen LogP contribution >= 0.6 is 15.9 Å². The number of amides is 1. The molecule has 1 fully saturated rings. The summed E-state index contributed by atoms with van der Waals surface area (Å²) in [6, 6.07) is 0. The van der Waals surface area contributed by atoms with Gasteiger partial charge in [-0.1, -0.05) is 22.9 Å². The molecule has 1 rings (SSSR count). The number of hydrogen-bond acceptors (Lipinski definition) is 2. The van der Waals surface area contributed by atoms with Crippen LogP contribution in [0.2, 0.25) is 0 Å². The summed E-state index contributed by atoms with van der Waals surface area (Å²) in [6.07, 6.45) is 5.82. The van der Waals surface area contributed by atoms with Crippen LogP contribution in [0.1, 0.15) is 45.4 Å². The monoisotopic (exact) mass is 291 g/mol. The van der Waals surface area contributed by atoms with Crippen LogP contribution in [0.5, 0.6) is 0 Å². The smallest absolute Gasteiger partial charge is 0.222 e. The minimum Gasteiger partial charge on any atom is -0.378 e. The molecule has 1 N–H and O–H groups in total. The van der Waals surface area contributed by atoms with Crippen LogP contribution in [0.25, 0.3) is 0 Å². The first-order valence-corrected chi connectivity index (χ1v) is 6.99. The van der Waals surface area contributed by atoms with Gasteiger partial charge in [0.05, 0.1) is 12.0 Å². The number of rotatable bonds is 7. The number of hydrogen-bond donors (Lipinski definition) is 1. The molecule has 0 heterocycles. The third-order valence-corrected chi connectivity index (χ3v) is 4.51. The van der Waals surface area contributed by atoms with Crippen molar-refractivity contribution in [2.75, 3.05) is 13.7 Å². The van der Waals surface area contributed by atoms with Crippen molar-refractivity contribution in [2.24, 2.45) is 0 Å². The van der Waals surface area contributed by atoms with Crippen LogP contribution in [-0.2, 0) is 9.53 Å². The minimum absolute atomic E-state index is 0.123. The molecule has 0 aromatic heterocycles. The van der Waals surface area contributed by atoms with E-state index in [1.807, 2.05) is 0 Å². The summed E-state index contributed by atoms with van der Waals surface area (Å²) < 4.78 is 5.42. The van der Waals surface area contributed by atoms with Crippen LogP contribution in [0.4, 0.5) is 0 Å². The highest BCUT2D eigenvalue weighted by Gasteiger charge is 2.38. The van der Waals surface area contributed by atoms with Gasteiger partial charge < -0.3 is 10.1 Å². The summed E-state index contributed by atoms with van der Waals surface area (Å²) in [5.74, 6) is 0.123. The molecule has 1 aliphatic rings. The lowest BCUT2D eigenvalue weighted by Crippen LogP contribution is -2.44. The van der Waals surface area contributed by atoms with Gasteiger partial charge in [-0.15, -0.1) is 0 Å². The fourth-order valence-electron chi connectivity index (χ4n) is 1.95. The molecule has 0 spiro atoms. The second kappa shape index (κ2) is 6.60. The minimum atomic E-state index is -0.150. The number of methoxy groups -OCH3 is 1. The molecule has 1 saturated carbocycles. The molecule has 3 nitrogen and oxygen atoms in total. The molecular formula is C12H22BrNO2. The van der Waals surface area contributed by atoms with E-state index in [0.717, 1.165) is 32.2 Å². The average molecular weight is 292 g/mol. The first-order valence-electron chi connectivity index (χ1n) is 6.08. The summed E-state index contributed by atoms with van der Waals surface area (Å²) in [5, 5.41) is 2.96. The quantitative estimate of drug-likeness (QED) is 0.733. The highest BCUT2D eigenvalue weighted by molar-refractivity contribution is 9.09. The van der Waals surface area contributed by atoms with Gasteiger partial charge in [0.15, 0.2) is 0 Å². The number of ether oxygens (including phenoxy) is 1. The summed E-state index contributed by atoms with van der Waals surface area (Å²) >= 11 is 3.55. The lowest BCUT2D eigenvalue weighted by atomic mass is 9.77. The van der Waals surface area contributed by atoms with Crippen molar-refractivity contribution in [1.82, 2.24) is 5.32 Å². The van der Waals surface area contributed by atoms with Crippen molar-refractivity contribution in [2.45, 2.75) is 55.9 Å². The lowest BCUT2D eigenvalue weighted by Gasteiger charge is -2.39. The second-order valence-corrected chi connectivity index (χ2v) is 5.86. The van der Waals surface area contributed by atoms with Gasteiger partial charge >= 0.3 is 0 Å². The molecule has 0 radical (unpaired) electrons. The Morgan fingerprint density at radius 2 is 2.25 bits per heavy atom. The van der Waals surface area contributed by atoms with Gasteiger partial charge in [-0.25, -0.2) is 0 Å². The predicted molar refractivity (Wildman–Crippen MR) is 68.8 cm³/mol. The topological polar surface area (TPSA) is 38.3 Å². The predicted octanol–water partition coefficient (Wildman–Crippen LogP) is 2.63. The second-order valence-electron chi connectivity index (χ2n) is 4.56. The normalized spacial score (nSPS) is 19.9. The van der Waals surface area contributed by atoms with Crippen molar-refractivity contribution < 1.29 is 9.53 Å². The molecule has 0 saturated heterocycles. The maximum Gasteiger partial charge on any atom is 0.222 e. The van der Waals surface area contributed by atoms with Crippen molar-refractivity contribution in [3.63, 3.8) is 0 Å². The number of carbonyl (C=O) groups is 1. The molecular weight excluding hydrogens is 270 g/mol. The van der Waals surface area contributed by atoms with E-state index in [1.54, 1.807) is 7.11 Å². The molecule has 16 heavy (non-hydrogen) atoms. The van der Waals surface area contributed by atoms with Gasteiger partial charge in [0, 0.05) is 18.5 Å². The molecule has 0 aromatic rings. The Balaban J connectivity index is 2.15. The Hall–Kier alpha value is -0.0900. The molecule has 0 aliphatic heterocycles. The number of halogens is 1. The van der Waals surface area contributed by atoms with Gasteiger partial charge in [-0.2, -0.15) is 0 Å². The lowest BCUT2D eigenvalue weighted by molar-refractivity contribution is -0.134. The third-order valence-electron chi connectivity index (χ3n) is 3.40. The molecule has 1 atom stereocenters. The zero-order valence-corrected chi connectivity index (χ0v) is 11.8. The van der Waals surface area contributed by atoms with E-state index in [9.17, 15) is 4.79 Å². The van der Waals surface area contributed by atoms with Crippen molar-refractivity contribution in [3.05, 3.63) is 0 Å². The zero-order chi connectivity index (χ0) is 12.0. The largest absolute Gasteiger partial charge is 0.378 e. The highest BCUT2D eigenvalue weighted by Crippen LogP contribution is 2.37. The maximum atomic E-state index is 11.7. The standard InChI is InChI=1S/C12H22BrNO2/c1-3-10(13)5-8-14-11(15)9-12(16-2)6-4-7-12/h10H,3-9H2,1-2H3,(H,14,15). The first kappa shape index (κ1) is 14.0. The third kappa shape index (κ3) is 4.06. The Morgan fingerprint density at radius 1 is 1.56 bits per heavy atom. The van der Waals surface area contributed by atoms with E-state index in [4.69, 9.17) is 4.74 Å². The fourth-order valence-corrected chi connectivity index (χ4v) is 2.18. The van der Waals surface area contributed by atoms with Crippen molar-refractivity contribution in [1.29, 1.82) is 0 Å². The van der Waals surface area contributed by atoms with E-state index in [-0.39, 0.29) is 11.5 Å². The van der Waals surface area contributed by atoms with Gasteiger partial charge in [-0.3, -0.25) is 4.79 Å². The van der Waals surface area contributed by atoms with Crippen molar-refractivity contribution in [3.8, 4) is 0 Å². The highest BCUT2D eigenvalue weighted by atomic mass is 79.9. The summed E-state index contributed by atoms with van der Waals surface area (Å²) in [7, 11) is 1.71. The Kier molecular flexibility index (Phi) is 5.76. The van der Waals surface area contributed by atoms with Gasteiger partial charge in [-0.05, 0) is 32.1 Å². The zero-order valence-electron chi connectivity index (χ0n) is 10.2. The summed E-state index contributed by atoms with van der Waals surface area (Å²) in [6.45, 7) is 2.89. The molecule has 1 unspecified atom stereocenters. The summed E-state index contributed by atoms with van der Waals surface area (Å²) in [5.41, 5.74) is -0.150. The van der Waals surface area contributed by atoms with Crippen LogP contribution < -0.4 is 5.32 Å². The van der Waals surface area contributed by atoms with E-state index in [2.05, 4.69) is 28.2 Å². The first-order chi connectivity index (χ1) is 7.62. The van der Waals surface area contributed by atoms with Gasteiger partial charge in [0.25, 0.3) is 0 Å². The average Bonchev–Trinajstić information content (AvgIpc) is 2.23. The number of carbonyl (C=O) groups excluding carboxylic acids is 1. The molecule has 4 heteroatoms. The molecule has 0 bridgehead atoms. The molecule has 1 aliphatic carbocycles. The van der Waals surface area contributed by atoms with Crippen LogP contribution in [0.15, 0.2) is 0 Å². The number of alkyl halides is 1. The SMILES string of the molecule is CCC(Br)CCNC(=O)CC1(OC)CCC1. The summed E-state index contributed by atoms with van der Waals surface area (Å²) in [4.78, 5) is 12.2. The molecule has 94 valence electrons.